The van der Waals surface area contributed by atoms with Gasteiger partial charge in [-0.25, -0.2) is 0 Å². The van der Waals surface area contributed by atoms with Gasteiger partial charge in [0.05, 0.1) is 0 Å². The zero-order valence-corrected chi connectivity index (χ0v) is 11.1. The Morgan fingerprint density at radius 1 is 1.06 bits per heavy atom. The van der Waals surface area contributed by atoms with Crippen molar-refractivity contribution in [2.24, 2.45) is 0 Å². The van der Waals surface area contributed by atoms with Gasteiger partial charge >= 0.3 is 0 Å². The van der Waals surface area contributed by atoms with E-state index in [-0.39, 0.29) is 5.78 Å². The minimum absolute atomic E-state index is 0.0645. The smallest absolute Gasteiger partial charge is 0.195 e. The predicted molar refractivity (Wildman–Crippen MR) is 75.2 cm³/mol. The number of halogens is 1. The first-order valence-corrected chi connectivity index (χ1v) is 6.04. The van der Waals surface area contributed by atoms with Gasteiger partial charge in [0, 0.05) is 21.8 Å². The molecular weight excluding hydrogens is 246 g/mol. The number of hydrogen-bond acceptors (Lipinski definition) is 2. The van der Waals surface area contributed by atoms with Crippen LogP contribution in [0.15, 0.2) is 36.4 Å². The van der Waals surface area contributed by atoms with Crippen molar-refractivity contribution in [3.63, 3.8) is 0 Å². The highest BCUT2D eigenvalue weighted by Gasteiger charge is 2.15. The third kappa shape index (κ3) is 2.24. The zero-order valence-electron chi connectivity index (χ0n) is 10.3. The van der Waals surface area contributed by atoms with Gasteiger partial charge in [0.15, 0.2) is 5.78 Å². The van der Waals surface area contributed by atoms with Crippen molar-refractivity contribution in [1.29, 1.82) is 0 Å². The van der Waals surface area contributed by atoms with E-state index < -0.39 is 0 Å². The van der Waals surface area contributed by atoms with Gasteiger partial charge in [-0.05, 0) is 49.2 Å². The maximum Gasteiger partial charge on any atom is 0.195 e. The fourth-order valence-electron chi connectivity index (χ4n) is 1.87. The van der Waals surface area contributed by atoms with Gasteiger partial charge < -0.3 is 5.73 Å². The second-order valence-corrected chi connectivity index (χ2v) is 4.74. The Bertz CT molecular complexity index is 620. The van der Waals surface area contributed by atoms with E-state index in [1.807, 2.05) is 38.1 Å². The maximum absolute atomic E-state index is 12.4. The molecule has 0 radical (unpaired) electrons. The predicted octanol–water partition coefficient (Wildman–Crippen LogP) is 3.77. The second kappa shape index (κ2) is 4.83. The number of nitrogens with two attached hydrogens (primary N) is 1. The first-order chi connectivity index (χ1) is 8.50. The minimum atomic E-state index is -0.0645. The van der Waals surface area contributed by atoms with E-state index in [0.29, 0.717) is 21.8 Å². The van der Waals surface area contributed by atoms with Gasteiger partial charge in [0.1, 0.15) is 0 Å². The van der Waals surface area contributed by atoms with Crippen LogP contribution >= 0.6 is 11.6 Å². The molecule has 2 nitrogen and oxygen atoms in total. The third-order valence-corrected chi connectivity index (χ3v) is 3.36. The largest absolute Gasteiger partial charge is 0.398 e. The lowest BCUT2D eigenvalue weighted by Gasteiger charge is -2.09. The van der Waals surface area contributed by atoms with Gasteiger partial charge in [-0.15, -0.1) is 0 Å². The molecule has 0 unspecified atom stereocenters. The van der Waals surface area contributed by atoms with Crippen molar-refractivity contribution in [3.8, 4) is 0 Å². The molecule has 0 atom stereocenters. The number of benzene rings is 2. The summed E-state index contributed by atoms with van der Waals surface area (Å²) in [7, 11) is 0. The number of carbonyl (C=O) groups excluding carboxylic acids is 1. The lowest BCUT2D eigenvalue weighted by atomic mass is 9.96. The minimum Gasteiger partial charge on any atom is -0.398 e. The number of rotatable bonds is 2. The van der Waals surface area contributed by atoms with Crippen molar-refractivity contribution in [1.82, 2.24) is 0 Å². The maximum atomic E-state index is 12.4. The Morgan fingerprint density at radius 2 is 1.72 bits per heavy atom. The van der Waals surface area contributed by atoms with Crippen LogP contribution in [-0.4, -0.2) is 5.78 Å². The number of carbonyl (C=O) groups is 1. The molecule has 0 saturated heterocycles. The van der Waals surface area contributed by atoms with Gasteiger partial charge in [-0.3, -0.25) is 4.79 Å². The van der Waals surface area contributed by atoms with Crippen LogP contribution in [0.1, 0.15) is 27.0 Å². The molecular formula is C15H14ClNO. The first-order valence-electron chi connectivity index (χ1n) is 5.66. The molecule has 2 aromatic carbocycles. The molecule has 0 aromatic heterocycles. The molecule has 2 rings (SSSR count). The number of hydrogen-bond donors (Lipinski definition) is 1. The second-order valence-electron chi connectivity index (χ2n) is 4.33. The Labute approximate surface area is 111 Å². The molecule has 0 aliphatic carbocycles. The molecule has 2 N–H and O–H groups in total. The van der Waals surface area contributed by atoms with Gasteiger partial charge in [-0.1, -0.05) is 23.7 Å². The number of nitrogen functional groups attached to an aromatic ring is 1. The summed E-state index contributed by atoms with van der Waals surface area (Å²) in [5, 5.41) is 0.671. The summed E-state index contributed by atoms with van der Waals surface area (Å²) in [5.74, 6) is -0.0645. The Kier molecular flexibility index (Phi) is 3.39. The lowest BCUT2D eigenvalue weighted by molar-refractivity contribution is 0.103. The van der Waals surface area contributed by atoms with Crippen LogP contribution in [0.4, 0.5) is 5.69 Å². The Balaban J connectivity index is 2.53. The van der Waals surface area contributed by atoms with Crippen LogP contribution in [0, 0.1) is 13.8 Å². The van der Waals surface area contributed by atoms with Gasteiger partial charge in [-0.2, -0.15) is 0 Å². The molecule has 0 saturated carbocycles. The van der Waals surface area contributed by atoms with E-state index in [1.165, 1.54) is 0 Å². The van der Waals surface area contributed by atoms with Crippen LogP contribution in [0.2, 0.25) is 5.02 Å². The van der Waals surface area contributed by atoms with Crippen LogP contribution in [0.25, 0.3) is 0 Å². The number of aryl methyl sites for hydroxylation is 2. The average molecular weight is 260 g/mol. The summed E-state index contributed by atoms with van der Waals surface area (Å²) in [5.41, 5.74) is 9.25. The van der Waals surface area contributed by atoms with Crippen molar-refractivity contribution in [2.45, 2.75) is 13.8 Å². The Hall–Kier alpha value is -1.80. The molecule has 3 heteroatoms. The van der Waals surface area contributed by atoms with E-state index in [0.717, 1.165) is 11.1 Å². The molecule has 0 aliphatic rings. The van der Waals surface area contributed by atoms with Crippen LogP contribution in [0.5, 0.6) is 0 Å². The molecule has 92 valence electrons. The summed E-state index contributed by atoms with van der Waals surface area (Å²) in [6.07, 6.45) is 0. The quantitative estimate of drug-likeness (QED) is 0.659. The number of anilines is 1. The zero-order chi connectivity index (χ0) is 13.3. The van der Waals surface area contributed by atoms with Crippen LogP contribution in [-0.2, 0) is 0 Å². The highest BCUT2D eigenvalue weighted by molar-refractivity contribution is 6.31. The van der Waals surface area contributed by atoms with Crippen LogP contribution < -0.4 is 5.73 Å². The van der Waals surface area contributed by atoms with Gasteiger partial charge in [0.25, 0.3) is 0 Å². The molecule has 0 amide bonds. The Morgan fingerprint density at radius 3 is 2.39 bits per heavy atom. The monoisotopic (exact) mass is 259 g/mol. The summed E-state index contributed by atoms with van der Waals surface area (Å²) in [6.45, 7) is 3.75. The van der Waals surface area contributed by atoms with E-state index >= 15 is 0 Å². The van der Waals surface area contributed by atoms with Gasteiger partial charge in [0.2, 0.25) is 0 Å². The fraction of sp³-hybridized carbons (Fsp3) is 0.133. The summed E-state index contributed by atoms with van der Waals surface area (Å²) >= 11 is 6.03. The van der Waals surface area contributed by atoms with Crippen LogP contribution in [0.3, 0.4) is 0 Å². The topological polar surface area (TPSA) is 43.1 Å². The van der Waals surface area contributed by atoms with Crippen molar-refractivity contribution >= 4 is 23.1 Å². The molecule has 0 fully saturated rings. The van der Waals surface area contributed by atoms with E-state index in [4.69, 9.17) is 17.3 Å². The summed E-state index contributed by atoms with van der Waals surface area (Å²) in [4.78, 5) is 12.4. The van der Waals surface area contributed by atoms with E-state index in [1.54, 1.807) is 12.1 Å². The molecule has 0 bridgehead atoms. The highest BCUT2D eigenvalue weighted by atomic mass is 35.5. The fourth-order valence-corrected chi connectivity index (χ4v) is 2.09. The van der Waals surface area contributed by atoms with Crippen molar-refractivity contribution in [2.75, 3.05) is 5.73 Å². The normalized spacial score (nSPS) is 10.4. The van der Waals surface area contributed by atoms with Crippen molar-refractivity contribution in [3.05, 3.63) is 63.7 Å². The summed E-state index contributed by atoms with van der Waals surface area (Å²) in [6, 6.07) is 10.7. The highest BCUT2D eigenvalue weighted by Crippen LogP contribution is 2.24. The first kappa shape index (κ1) is 12.7. The molecule has 0 spiro atoms. The molecule has 0 aliphatic heterocycles. The number of para-hydroxylation sites is 1. The summed E-state index contributed by atoms with van der Waals surface area (Å²) < 4.78 is 0. The molecule has 2 aromatic rings. The third-order valence-electron chi connectivity index (χ3n) is 2.96. The molecule has 18 heavy (non-hydrogen) atoms. The number of ketones is 1. The SMILES string of the molecule is Cc1cc(C(=O)c2ccccc2N)c(C)cc1Cl. The van der Waals surface area contributed by atoms with Crippen molar-refractivity contribution < 1.29 is 4.79 Å². The average Bonchev–Trinajstić information content (AvgIpc) is 2.33. The van der Waals surface area contributed by atoms with E-state index in [2.05, 4.69) is 0 Å². The lowest BCUT2D eigenvalue weighted by Crippen LogP contribution is -2.07. The standard InChI is InChI=1S/C15H14ClNO/c1-9-8-13(16)10(2)7-12(9)15(18)11-5-3-4-6-14(11)17/h3-8H,17H2,1-2H3. The van der Waals surface area contributed by atoms with E-state index in [9.17, 15) is 4.79 Å². The molecule has 0 heterocycles.